The molecule has 5 amide bonds. The van der Waals surface area contributed by atoms with E-state index in [0.29, 0.717) is 22.8 Å². The minimum Gasteiger partial charge on any atom is -0.467 e. The van der Waals surface area contributed by atoms with Crippen LogP contribution in [0.1, 0.15) is 28.6 Å². The van der Waals surface area contributed by atoms with Gasteiger partial charge in [-0.3, -0.25) is 19.3 Å². The zero-order valence-corrected chi connectivity index (χ0v) is 19.2. The average molecular weight is 490 g/mol. The molecule has 2 aliphatic heterocycles. The van der Waals surface area contributed by atoms with E-state index in [9.17, 15) is 19.2 Å². The lowest BCUT2D eigenvalue weighted by molar-refractivity contribution is -0.133. The van der Waals surface area contributed by atoms with Gasteiger partial charge in [0, 0.05) is 0 Å². The number of ether oxygens (including phenoxy) is 2. The van der Waals surface area contributed by atoms with Crippen LogP contribution in [0.2, 0.25) is 0 Å². The number of carbonyl (C=O) groups is 4. The maximum Gasteiger partial charge on any atom is 0.325 e. The monoisotopic (exact) mass is 490 g/mol. The summed E-state index contributed by atoms with van der Waals surface area (Å²) in [4.78, 5) is 52.2. The molecule has 5 rings (SSSR count). The van der Waals surface area contributed by atoms with Crippen molar-refractivity contribution in [3.8, 4) is 11.5 Å². The molecule has 2 aliphatic rings. The van der Waals surface area contributed by atoms with E-state index in [-0.39, 0.29) is 24.6 Å². The first-order valence-corrected chi connectivity index (χ1v) is 11.1. The second kappa shape index (κ2) is 9.10. The van der Waals surface area contributed by atoms with Crippen molar-refractivity contribution in [1.82, 2.24) is 15.5 Å². The second-order valence-corrected chi connectivity index (χ2v) is 8.37. The number of fused-ring (bicyclic) bond motifs is 1. The molecule has 2 aromatic carbocycles. The standard InChI is InChI=1S/C25H22N4O7/c1-25(15-8-9-19-20(11-15)36-14-35-19)23(32)29(24(33)28-25)13-21(30)27-18-7-3-2-6-17(18)22(31)26-12-16-5-4-10-34-16/h2-11H,12-14H2,1H3,(H,26,31)(H,27,30)(H,28,33). The molecule has 1 unspecified atom stereocenters. The van der Waals surface area contributed by atoms with Gasteiger partial charge < -0.3 is 29.8 Å². The molecule has 0 saturated carbocycles. The molecule has 0 aliphatic carbocycles. The number of carbonyl (C=O) groups excluding carboxylic acids is 4. The van der Waals surface area contributed by atoms with Gasteiger partial charge in [-0.15, -0.1) is 0 Å². The van der Waals surface area contributed by atoms with Crippen LogP contribution in [0, 0.1) is 0 Å². The van der Waals surface area contributed by atoms with E-state index in [2.05, 4.69) is 16.0 Å². The summed E-state index contributed by atoms with van der Waals surface area (Å²) in [6.45, 7) is 1.27. The predicted molar refractivity (Wildman–Crippen MR) is 125 cm³/mol. The van der Waals surface area contributed by atoms with Crippen molar-refractivity contribution in [2.45, 2.75) is 19.0 Å². The Morgan fingerprint density at radius 2 is 1.86 bits per heavy atom. The minimum atomic E-state index is -1.39. The summed E-state index contributed by atoms with van der Waals surface area (Å²) in [5, 5.41) is 7.99. The molecule has 36 heavy (non-hydrogen) atoms. The number of hydrogen-bond acceptors (Lipinski definition) is 7. The van der Waals surface area contributed by atoms with E-state index in [4.69, 9.17) is 13.9 Å². The van der Waals surface area contributed by atoms with Gasteiger partial charge in [-0.25, -0.2) is 4.79 Å². The SMILES string of the molecule is CC1(c2ccc3c(c2)OCO3)NC(=O)N(CC(=O)Nc2ccccc2C(=O)NCc2ccco2)C1=O. The van der Waals surface area contributed by atoms with Gasteiger partial charge in [-0.05, 0) is 48.9 Å². The lowest BCUT2D eigenvalue weighted by Crippen LogP contribution is -2.42. The Kier molecular flexibility index (Phi) is 5.80. The Hall–Kier alpha value is -4.80. The molecule has 11 nitrogen and oxygen atoms in total. The Balaban J connectivity index is 1.27. The van der Waals surface area contributed by atoms with Gasteiger partial charge in [0.2, 0.25) is 12.7 Å². The topological polar surface area (TPSA) is 139 Å². The molecule has 184 valence electrons. The third-order valence-electron chi connectivity index (χ3n) is 5.98. The zero-order valence-electron chi connectivity index (χ0n) is 19.2. The molecule has 11 heteroatoms. The van der Waals surface area contributed by atoms with Crippen LogP contribution in [-0.4, -0.2) is 42.0 Å². The van der Waals surface area contributed by atoms with Crippen LogP contribution in [0.15, 0.2) is 65.3 Å². The maximum atomic E-state index is 13.2. The molecule has 1 aromatic heterocycles. The largest absolute Gasteiger partial charge is 0.467 e. The fourth-order valence-electron chi connectivity index (χ4n) is 4.04. The van der Waals surface area contributed by atoms with Crippen LogP contribution in [0.3, 0.4) is 0 Å². The first kappa shape index (κ1) is 23.0. The Labute approximate surface area is 205 Å². The van der Waals surface area contributed by atoms with Gasteiger partial charge in [0.1, 0.15) is 17.8 Å². The number of para-hydroxylation sites is 1. The van der Waals surface area contributed by atoms with Crippen molar-refractivity contribution in [2.75, 3.05) is 18.7 Å². The molecule has 0 bridgehead atoms. The Morgan fingerprint density at radius 3 is 2.67 bits per heavy atom. The number of imide groups is 1. The van der Waals surface area contributed by atoms with Crippen molar-refractivity contribution < 1.29 is 33.1 Å². The summed E-state index contributed by atoms with van der Waals surface area (Å²) in [6, 6.07) is 14.1. The smallest absolute Gasteiger partial charge is 0.325 e. The third-order valence-corrected chi connectivity index (χ3v) is 5.98. The number of nitrogens with zero attached hydrogens (tertiary/aromatic N) is 1. The van der Waals surface area contributed by atoms with E-state index in [1.807, 2.05) is 0 Å². The number of furan rings is 1. The molecule has 0 spiro atoms. The maximum absolute atomic E-state index is 13.2. The van der Waals surface area contributed by atoms with Crippen molar-refractivity contribution >= 4 is 29.4 Å². The molecular weight excluding hydrogens is 468 g/mol. The first-order valence-electron chi connectivity index (χ1n) is 11.1. The zero-order chi connectivity index (χ0) is 25.3. The van der Waals surface area contributed by atoms with Crippen LogP contribution in [-0.2, 0) is 21.7 Å². The van der Waals surface area contributed by atoms with E-state index in [0.717, 1.165) is 4.90 Å². The number of amides is 5. The number of hydrogen-bond donors (Lipinski definition) is 3. The highest BCUT2D eigenvalue weighted by molar-refractivity contribution is 6.11. The van der Waals surface area contributed by atoms with Gasteiger partial charge in [0.15, 0.2) is 11.5 Å². The lowest BCUT2D eigenvalue weighted by Gasteiger charge is -2.22. The molecule has 1 fully saturated rings. The Bertz CT molecular complexity index is 1350. The normalized spacial score (nSPS) is 18.2. The van der Waals surface area contributed by atoms with Crippen LogP contribution in [0.25, 0.3) is 0 Å². The lowest BCUT2D eigenvalue weighted by atomic mass is 9.91. The van der Waals surface area contributed by atoms with Crippen molar-refractivity contribution in [2.24, 2.45) is 0 Å². The van der Waals surface area contributed by atoms with Crippen molar-refractivity contribution in [3.63, 3.8) is 0 Å². The van der Waals surface area contributed by atoms with Crippen LogP contribution < -0.4 is 25.4 Å². The fraction of sp³-hybridized carbons (Fsp3) is 0.200. The molecule has 3 N–H and O–H groups in total. The van der Waals surface area contributed by atoms with Gasteiger partial charge in [-0.1, -0.05) is 18.2 Å². The van der Waals surface area contributed by atoms with Crippen molar-refractivity contribution in [3.05, 3.63) is 77.7 Å². The summed E-state index contributed by atoms with van der Waals surface area (Å²) in [7, 11) is 0. The highest BCUT2D eigenvalue weighted by atomic mass is 16.7. The van der Waals surface area contributed by atoms with Crippen LogP contribution in [0.4, 0.5) is 10.5 Å². The van der Waals surface area contributed by atoms with Gasteiger partial charge in [-0.2, -0.15) is 0 Å². The van der Waals surface area contributed by atoms with Crippen molar-refractivity contribution in [1.29, 1.82) is 0 Å². The molecule has 3 aromatic rings. The Morgan fingerprint density at radius 1 is 1.06 bits per heavy atom. The number of anilines is 1. The van der Waals surface area contributed by atoms with E-state index < -0.39 is 35.8 Å². The summed E-state index contributed by atoms with van der Waals surface area (Å²) < 4.78 is 15.9. The predicted octanol–water partition coefficient (Wildman–Crippen LogP) is 2.34. The highest BCUT2D eigenvalue weighted by Gasteiger charge is 2.50. The molecule has 3 heterocycles. The summed E-state index contributed by atoms with van der Waals surface area (Å²) in [5.74, 6) is -0.0663. The summed E-state index contributed by atoms with van der Waals surface area (Å²) in [5.41, 5.74) is -0.432. The minimum absolute atomic E-state index is 0.0739. The first-order chi connectivity index (χ1) is 17.3. The van der Waals surface area contributed by atoms with Gasteiger partial charge in [0.05, 0.1) is 24.1 Å². The fourth-order valence-corrected chi connectivity index (χ4v) is 4.04. The molecule has 1 atom stereocenters. The van der Waals surface area contributed by atoms with Crippen LogP contribution in [0.5, 0.6) is 11.5 Å². The van der Waals surface area contributed by atoms with Gasteiger partial charge >= 0.3 is 6.03 Å². The van der Waals surface area contributed by atoms with Crippen LogP contribution >= 0.6 is 0 Å². The highest BCUT2D eigenvalue weighted by Crippen LogP contribution is 2.37. The summed E-state index contributed by atoms with van der Waals surface area (Å²) in [6.07, 6.45) is 1.50. The number of rotatable bonds is 7. The quantitative estimate of drug-likeness (QED) is 0.432. The third kappa shape index (κ3) is 4.22. The molecule has 1 saturated heterocycles. The molecular formula is C25H22N4O7. The number of benzene rings is 2. The number of nitrogens with one attached hydrogen (secondary N) is 3. The summed E-state index contributed by atoms with van der Waals surface area (Å²) >= 11 is 0. The van der Waals surface area contributed by atoms with Gasteiger partial charge in [0.25, 0.3) is 11.8 Å². The van der Waals surface area contributed by atoms with E-state index in [1.54, 1.807) is 61.5 Å². The van der Waals surface area contributed by atoms with E-state index in [1.165, 1.54) is 6.26 Å². The second-order valence-electron chi connectivity index (χ2n) is 8.37. The van der Waals surface area contributed by atoms with E-state index >= 15 is 0 Å². The number of urea groups is 1. The average Bonchev–Trinajstić information content (AvgIpc) is 3.60. The molecule has 0 radical (unpaired) electrons.